The van der Waals surface area contributed by atoms with Crippen molar-refractivity contribution in [2.75, 3.05) is 0 Å². The first-order valence-corrected chi connectivity index (χ1v) is 5.86. The van der Waals surface area contributed by atoms with E-state index in [1.165, 1.54) is 4.90 Å². The van der Waals surface area contributed by atoms with E-state index in [1.54, 1.807) is 0 Å². The number of carboxylic acids is 1. The van der Waals surface area contributed by atoms with Crippen LogP contribution in [0.2, 0.25) is 0 Å². The number of carbonyl (C=O) groups is 2. The van der Waals surface area contributed by atoms with E-state index < -0.39 is 5.97 Å². The maximum absolute atomic E-state index is 11.6. The summed E-state index contributed by atoms with van der Waals surface area (Å²) >= 11 is 0. The zero-order chi connectivity index (χ0) is 12.9. The Labute approximate surface area is 133 Å². The molecular formula is C14H12NNaO3. The molecule has 0 N–H and O–H groups in total. The third-order valence-electron chi connectivity index (χ3n) is 3.70. The molecule has 0 aromatic heterocycles. The van der Waals surface area contributed by atoms with E-state index in [1.807, 2.05) is 37.3 Å². The van der Waals surface area contributed by atoms with E-state index >= 15 is 0 Å². The maximum atomic E-state index is 11.6. The summed E-state index contributed by atoms with van der Waals surface area (Å²) in [7, 11) is 0. The average molecular weight is 265 g/mol. The summed E-state index contributed by atoms with van der Waals surface area (Å²) in [5, 5.41) is 11.3. The van der Waals surface area contributed by atoms with Crippen LogP contribution >= 0.6 is 0 Å². The molecule has 2 heterocycles. The molecule has 5 heteroatoms. The molecule has 1 amide bonds. The van der Waals surface area contributed by atoms with Crippen molar-refractivity contribution >= 4 is 17.4 Å². The number of hydrogen-bond donors (Lipinski definition) is 0. The number of carbonyl (C=O) groups excluding carboxylic acids is 2. The quantitative estimate of drug-likeness (QED) is 0.440. The molecule has 19 heavy (non-hydrogen) atoms. The summed E-state index contributed by atoms with van der Waals surface area (Å²) in [4.78, 5) is 24.3. The van der Waals surface area contributed by atoms with Gasteiger partial charge in [0.15, 0.2) is 0 Å². The number of nitrogens with zero attached hydrogens (tertiary/aromatic N) is 1. The van der Waals surface area contributed by atoms with Gasteiger partial charge in [-0.05, 0) is 24.5 Å². The summed E-state index contributed by atoms with van der Waals surface area (Å²) in [5.74, 6) is -1.41. The Balaban J connectivity index is 0.00000133. The van der Waals surface area contributed by atoms with Crippen molar-refractivity contribution in [2.45, 2.75) is 25.3 Å². The zero-order valence-electron chi connectivity index (χ0n) is 11.0. The SMILES string of the molecule is C[C@@]12CC(=O)N1C(C(=O)[O-])=C(c1ccccc1)C2.[Na+]. The summed E-state index contributed by atoms with van der Waals surface area (Å²) in [5.41, 5.74) is 1.21. The Morgan fingerprint density at radius 2 is 1.89 bits per heavy atom. The summed E-state index contributed by atoms with van der Waals surface area (Å²) in [6.45, 7) is 1.91. The monoisotopic (exact) mass is 265 g/mol. The van der Waals surface area contributed by atoms with Gasteiger partial charge in [-0.3, -0.25) is 4.79 Å². The zero-order valence-corrected chi connectivity index (χ0v) is 13.0. The Morgan fingerprint density at radius 1 is 1.26 bits per heavy atom. The number of amides is 1. The average Bonchev–Trinajstić information content (AvgIpc) is 2.58. The Morgan fingerprint density at radius 3 is 2.42 bits per heavy atom. The van der Waals surface area contributed by atoms with E-state index in [9.17, 15) is 14.7 Å². The van der Waals surface area contributed by atoms with Crippen LogP contribution in [0.25, 0.3) is 5.57 Å². The second-order valence-corrected chi connectivity index (χ2v) is 5.06. The summed E-state index contributed by atoms with van der Waals surface area (Å²) in [6, 6.07) is 9.30. The van der Waals surface area contributed by atoms with Gasteiger partial charge in [0, 0.05) is 0 Å². The third-order valence-corrected chi connectivity index (χ3v) is 3.70. The molecule has 4 nitrogen and oxygen atoms in total. The van der Waals surface area contributed by atoms with Crippen molar-refractivity contribution in [3.8, 4) is 0 Å². The topological polar surface area (TPSA) is 60.4 Å². The minimum atomic E-state index is -1.27. The molecule has 0 saturated carbocycles. The van der Waals surface area contributed by atoms with E-state index in [2.05, 4.69) is 0 Å². The van der Waals surface area contributed by atoms with Gasteiger partial charge in [0.2, 0.25) is 5.91 Å². The van der Waals surface area contributed by atoms with Crippen LogP contribution in [0.3, 0.4) is 0 Å². The Hall–Kier alpha value is -1.10. The van der Waals surface area contributed by atoms with Gasteiger partial charge >= 0.3 is 29.6 Å². The van der Waals surface area contributed by atoms with Gasteiger partial charge in [-0.25, -0.2) is 0 Å². The number of aliphatic carboxylic acids is 1. The van der Waals surface area contributed by atoms with Gasteiger partial charge < -0.3 is 14.8 Å². The van der Waals surface area contributed by atoms with Crippen LogP contribution in [0.15, 0.2) is 36.0 Å². The smallest absolute Gasteiger partial charge is 0.543 e. The maximum Gasteiger partial charge on any atom is 1.00 e. The van der Waals surface area contributed by atoms with Crippen molar-refractivity contribution in [2.24, 2.45) is 0 Å². The van der Waals surface area contributed by atoms with Crippen LogP contribution in [0.4, 0.5) is 0 Å². The fraction of sp³-hybridized carbons (Fsp3) is 0.286. The van der Waals surface area contributed by atoms with Crippen molar-refractivity contribution in [1.29, 1.82) is 0 Å². The van der Waals surface area contributed by atoms with Crippen LogP contribution in [0.5, 0.6) is 0 Å². The molecule has 0 unspecified atom stereocenters. The molecule has 1 fully saturated rings. The molecule has 2 aliphatic rings. The molecule has 0 spiro atoms. The van der Waals surface area contributed by atoms with E-state index in [0.717, 1.165) is 5.56 Å². The van der Waals surface area contributed by atoms with Gasteiger partial charge in [-0.2, -0.15) is 0 Å². The molecule has 1 atom stereocenters. The summed E-state index contributed by atoms with van der Waals surface area (Å²) < 4.78 is 0. The number of fused-ring (bicyclic) bond motifs is 1. The summed E-state index contributed by atoms with van der Waals surface area (Å²) in [6.07, 6.45) is 0.978. The number of hydrogen-bond acceptors (Lipinski definition) is 3. The van der Waals surface area contributed by atoms with E-state index in [4.69, 9.17) is 0 Å². The first-order valence-electron chi connectivity index (χ1n) is 5.86. The number of carboxylic acid groups (broad SMARTS) is 1. The minimum Gasteiger partial charge on any atom is -0.543 e. The first-order chi connectivity index (χ1) is 8.53. The van der Waals surface area contributed by atoms with Crippen LogP contribution < -0.4 is 34.7 Å². The molecule has 0 bridgehead atoms. The third kappa shape index (κ3) is 2.04. The second kappa shape index (κ2) is 4.78. The van der Waals surface area contributed by atoms with Crippen molar-refractivity contribution in [3.63, 3.8) is 0 Å². The second-order valence-electron chi connectivity index (χ2n) is 5.06. The van der Waals surface area contributed by atoms with Crippen LogP contribution in [-0.4, -0.2) is 22.3 Å². The molecule has 0 aliphatic carbocycles. The van der Waals surface area contributed by atoms with Crippen LogP contribution in [0.1, 0.15) is 25.3 Å². The first kappa shape index (κ1) is 14.3. The molecular weight excluding hydrogens is 253 g/mol. The number of rotatable bonds is 2. The Kier molecular flexibility index (Phi) is 3.60. The number of β-lactam (4-membered cyclic amide) rings is 1. The van der Waals surface area contributed by atoms with Crippen molar-refractivity contribution < 1.29 is 44.3 Å². The van der Waals surface area contributed by atoms with Gasteiger partial charge in [0.05, 0.1) is 23.6 Å². The molecule has 92 valence electrons. The van der Waals surface area contributed by atoms with Crippen LogP contribution in [-0.2, 0) is 9.59 Å². The predicted octanol–water partition coefficient (Wildman–Crippen LogP) is -2.45. The van der Waals surface area contributed by atoms with Crippen molar-refractivity contribution in [1.82, 2.24) is 4.90 Å². The van der Waals surface area contributed by atoms with E-state index in [-0.39, 0.29) is 46.7 Å². The number of benzene rings is 1. The standard InChI is InChI=1S/C14H13NO3.Na/c1-14-7-10(9-5-3-2-4-6-9)12(13(17)18)15(14)11(16)8-14;/h2-6H,7-8H2,1H3,(H,17,18);/q;+1/p-1/t14-;/m1./s1. The van der Waals surface area contributed by atoms with E-state index in [0.29, 0.717) is 18.4 Å². The fourth-order valence-electron chi connectivity index (χ4n) is 2.92. The molecule has 1 saturated heterocycles. The molecule has 1 aromatic rings. The normalized spacial score (nSPS) is 24.7. The van der Waals surface area contributed by atoms with Gasteiger partial charge in [0.25, 0.3) is 0 Å². The van der Waals surface area contributed by atoms with Gasteiger partial charge in [-0.15, -0.1) is 0 Å². The minimum absolute atomic E-state index is 0. The van der Waals surface area contributed by atoms with Crippen LogP contribution in [0, 0.1) is 0 Å². The largest absolute Gasteiger partial charge is 1.00 e. The fourth-order valence-corrected chi connectivity index (χ4v) is 2.92. The Bertz CT molecular complexity index is 582. The molecule has 1 aromatic carbocycles. The predicted molar refractivity (Wildman–Crippen MR) is 62.9 cm³/mol. The molecule has 0 radical (unpaired) electrons. The molecule has 3 rings (SSSR count). The molecule has 2 aliphatic heterocycles. The van der Waals surface area contributed by atoms with Gasteiger partial charge in [-0.1, -0.05) is 30.3 Å². The van der Waals surface area contributed by atoms with Crippen molar-refractivity contribution in [3.05, 3.63) is 41.6 Å². The van der Waals surface area contributed by atoms with Gasteiger partial charge in [0.1, 0.15) is 0 Å².